The third-order valence-electron chi connectivity index (χ3n) is 4.15. The number of hydrogen-bond acceptors (Lipinski definition) is 6. The van der Waals surface area contributed by atoms with Crippen LogP contribution in [0.4, 0.5) is 0 Å². The first kappa shape index (κ1) is 14.8. The van der Waals surface area contributed by atoms with E-state index in [1.807, 2.05) is 11.8 Å². The number of hydrogen-bond donors (Lipinski definition) is 2. The number of rotatable bonds is 5. The molecule has 7 heteroatoms. The number of thioether (sulfide) groups is 1. The quantitative estimate of drug-likeness (QED) is 0.864. The summed E-state index contributed by atoms with van der Waals surface area (Å²) in [4.78, 5) is 16.5. The second-order valence-corrected chi connectivity index (χ2v) is 7.13. The van der Waals surface area contributed by atoms with Crippen LogP contribution in [0.2, 0.25) is 0 Å². The molecule has 3 rings (SSSR count). The molecular formula is C14H22N4O2S. The molecule has 2 fully saturated rings. The molecule has 2 N–H and O–H groups in total. The highest BCUT2D eigenvalue weighted by molar-refractivity contribution is 7.99. The average molecular weight is 310 g/mol. The van der Waals surface area contributed by atoms with Crippen molar-refractivity contribution in [3.05, 3.63) is 11.7 Å². The first-order chi connectivity index (χ1) is 10.3. The van der Waals surface area contributed by atoms with E-state index in [-0.39, 0.29) is 23.8 Å². The molecule has 1 aromatic rings. The largest absolute Gasteiger partial charge is 0.345 e. The van der Waals surface area contributed by atoms with Crippen LogP contribution in [-0.2, 0) is 0 Å². The first-order valence-electron chi connectivity index (χ1n) is 7.77. The zero-order valence-electron chi connectivity index (χ0n) is 12.3. The Balaban J connectivity index is 1.60. The van der Waals surface area contributed by atoms with Crippen molar-refractivity contribution in [3.8, 4) is 0 Å². The lowest BCUT2D eigenvalue weighted by Crippen LogP contribution is -2.39. The zero-order chi connectivity index (χ0) is 14.7. The van der Waals surface area contributed by atoms with Crippen LogP contribution in [-0.4, -0.2) is 39.6 Å². The third kappa shape index (κ3) is 3.40. The molecule has 1 aliphatic heterocycles. The first-order valence-corrected chi connectivity index (χ1v) is 8.82. The van der Waals surface area contributed by atoms with Gasteiger partial charge in [0.15, 0.2) is 0 Å². The molecule has 2 aliphatic rings. The smallest absolute Gasteiger partial charge is 0.292 e. The molecule has 1 aliphatic carbocycles. The normalized spacial score (nSPS) is 28.9. The number of carbonyl (C=O) groups excluding carboxylic acids is 1. The molecule has 0 radical (unpaired) electrons. The maximum Gasteiger partial charge on any atom is 0.292 e. The predicted octanol–water partition coefficient (Wildman–Crippen LogP) is 1.90. The number of carbonyl (C=O) groups is 1. The van der Waals surface area contributed by atoms with Gasteiger partial charge < -0.3 is 15.2 Å². The minimum Gasteiger partial charge on any atom is -0.345 e. The Kier molecular flexibility index (Phi) is 4.80. The summed E-state index contributed by atoms with van der Waals surface area (Å²) in [6.45, 7) is 3.12. The lowest BCUT2D eigenvalue weighted by Gasteiger charge is -2.19. The maximum atomic E-state index is 12.3. The Morgan fingerprint density at radius 2 is 2.33 bits per heavy atom. The van der Waals surface area contributed by atoms with Crippen LogP contribution >= 0.6 is 11.8 Å². The highest BCUT2D eigenvalue weighted by Crippen LogP contribution is 2.30. The van der Waals surface area contributed by atoms with Crippen LogP contribution in [0.1, 0.15) is 61.6 Å². The van der Waals surface area contributed by atoms with Gasteiger partial charge in [0, 0.05) is 11.3 Å². The van der Waals surface area contributed by atoms with Gasteiger partial charge in [0.05, 0.1) is 6.04 Å². The Morgan fingerprint density at radius 1 is 1.43 bits per heavy atom. The Hall–Kier alpha value is -1.08. The number of nitrogens with one attached hydrogen (secondary N) is 2. The van der Waals surface area contributed by atoms with Crippen LogP contribution < -0.4 is 10.6 Å². The van der Waals surface area contributed by atoms with Crippen molar-refractivity contribution < 1.29 is 9.32 Å². The highest BCUT2D eigenvalue weighted by atomic mass is 32.2. The molecule has 1 aromatic heterocycles. The lowest BCUT2D eigenvalue weighted by atomic mass is 10.2. The van der Waals surface area contributed by atoms with Gasteiger partial charge >= 0.3 is 0 Å². The summed E-state index contributed by atoms with van der Waals surface area (Å²) >= 11 is 1.92. The van der Waals surface area contributed by atoms with E-state index in [2.05, 4.69) is 27.7 Å². The van der Waals surface area contributed by atoms with E-state index in [0.29, 0.717) is 11.1 Å². The van der Waals surface area contributed by atoms with Crippen LogP contribution in [0.3, 0.4) is 0 Å². The summed E-state index contributed by atoms with van der Waals surface area (Å²) in [5.74, 6) is 1.56. The van der Waals surface area contributed by atoms with Gasteiger partial charge in [0.1, 0.15) is 0 Å². The third-order valence-corrected chi connectivity index (χ3v) is 5.48. The van der Waals surface area contributed by atoms with Crippen LogP contribution in [0.5, 0.6) is 0 Å². The monoisotopic (exact) mass is 310 g/mol. The Morgan fingerprint density at radius 3 is 3.10 bits per heavy atom. The molecule has 1 amide bonds. The molecule has 116 valence electrons. The van der Waals surface area contributed by atoms with E-state index >= 15 is 0 Å². The predicted molar refractivity (Wildman–Crippen MR) is 81.3 cm³/mol. The lowest BCUT2D eigenvalue weighted by molar-refractivity contribution is 0.0925. The van der Waals surface area contributed by atoms with Gasteiger partial charge in [-0.3, -0.25) is 4.79 Å². The number of amides is 1. The topological polar surface area (TPSA) is 80.0 Å². The van der Waals surface area contributed by atoms with Gasteiger partial charge in [-0.05, 0) is 38.0 Å². The summed E-state index contributed by atoms with van der Waals surface area (Å²) in [6.07, 6.45) is 5.48. The number of aromatic nitrogens is 2. The number of nitrogens with zero attached hydrogens (tertiary/aromatic N) is 2. The summed E-state index contributed by atoms with van der Waals surface area (Å²) in [5.41, 5.74) is 0. The summed E-state index contributed by atoms with van der Waals surface area (Å²) in [7, 11) is 0. The van der Waals surface area contributed by atoms with Crippen molar-refractivity contribution in [1.29, 1.82) is 0 Å². The summed E-state index contributed by atoms with van der Waals surface area (Å²) in [5, 5.41) is 10.7. The second-order valence-electron chi connectivity index (χ2n) is 5.61. The highest BCUT2D eigenvalue weighted by Gasteiger charge is 2.30. The van der Waals surface area contributed by atoms with Gasteiger partial charge in [-0.25, -0.2) is 0 Å². The minimum absolute atomic E-state index is 0.105. The van der Waals surface area contributed by atoms with Crippen LogP contribution in [0.25, 0.3) is 0 Å². The van der Waals surface area contributed by atoms with E-state index in [4.69, 9.17) is 4.52 Å². The Labute approximate surface area is 128 Å². The molecule has 6 nitrogen and oxygen atoms in total. The van der Waals surface area contributed by atoms with Crippen molar-refractivity contribution in [1.82, 2.24) is 20.8 Å². The SMILES string of the molecule is CCSC1CCCC1NC(=O)c1noc(C2CCCN2)n1. The molecule has 0 aromatic carbocycles. The van der Waals surface area contributed by atoms with Gasteiger partial charge in [0.2, 0.25) is 5.89 Å². The van der Waals surface area contributed by atoms with Crippen molar-refractivity contribution >= 4 is 17.7 Å². The molecule has 2 heterocycles. The second kappa shape index (κ2) is 6.79. The average Bonchev–Trinajstić information content (AvgIpc) is 3.20. The molecule has 1 saturated heterocycles. The van der Waals surface area contributed by atoms with E-state index in [0.717, 1.165) is 31.6 Å². The van der Waals surface area contributed by atoms with Gasteiger partial charge in [-0.1, -0.05) is 18.5 Å². The van der Waals surface area contributed by atoms with Crippen molar-refractivity contribution in [2.75, 3.05) is 12.3 Å². The molecular weight excluding hydrogens is 288 g/mol. The molecule has 0 bridgehead atoms. The van der Waals surface area contributed by atoms with E-state index in [1.54, 1.807) is 0 Å². The van der Waals surface area contributed by atoms with E-state index < -0.39 is 0 Å². The zero-order valence-corrected chi connectivity index (χ0v) is 13.1. The standard InChI is InChI=1S/C14H22N4O2S/c1-2-21-11-7-3-5-9(11)16-13(19)12-17-14(20-18-12)10-6-4-8-15-10/h9-11,15H,2-8H2,1H3,(H,16,19). The van der Waals surface area contributed by atoms with Crippen molar-refractivity contribution in [3.63, 3.8) is 0 Å². The van der Waals surface area contributed by atoms with Gasteiger partial charge in [-0.15, -0.1) is 0 Å². The fourth-order valence-corrected chi connectivity index (χ4v) is 4.30. The van der Waals surface area contributed by atoms with Crippen molar-refractivity contribution in [2.45, 2.75) is 56.4 Å². The van der Waals surface area contributed by atoms with E-state index in [9.17, 15) is 4.79 Å². The molecule has 3 unspecified atom stereocenters. The Bertz CT molecular complexity index is 487. The summed E-state index contributed by atoms with van der Waals surface area (Å²) < 4.78 is 5.22. The molecule has 3 atom stereocenters. The fraction of sp³-hybridized carbons (Fsp3) is 0.786. The molecule has 21 heavy (non-hydrogen) atoms. The van der Waals surface area contributed by atoms with Gasteiger partial charge in [-0.2, -0.15) is 16.7 Å². The van der Waals surface area contributed by atoms with Crippen molar-refractivity contribution in [2.24, 2.45) is 0 Å². The van der Waals surface area contributed by atoms with E-state index in [1.165, 1.54) is 12.8 Å². The maximum absolute atomic E-state index is 12.3. The van der Waals surface area contributed by atoms with Crippen LogP contribution in [0.15, 0.2) is 4.52 Å². The van der Waals surface area contributed by atoms with Crippen LogP contribution in [0, 0.1) is 0 Å². The minimum atomic E-state index is -0.211. The summed E-state index contributed by atoms with van der Waals surface area (Å²) in [6, 6.07) is 0.336. The van der Waals surface area contributed by atoms with Gasteiger partial charge in [0.25, 0.3) is 11.7 Å². The molecule has 1 saturated carbocycles. The fourth-order valence-electron chi connectivity index (χ4n) is 3.10. The molecule has 0 spiro atoms.